The maximum atomic E-state index is 12.3. The number of halogens is 2. The molecule has 0 amide bonds. The first-order valence-electron chi connectivity index (χ1n) is 5.62. The van der Waals surface area contributed by atoms with E-state index in [1.807, 2.05) is 0 Å². The summed E-state index contributed by atoms with van der Waals surface area (Å²) in [6.45, 7) is 1.63. The monoisotopic (exact) mass is 457 g/mol. The Morgan fingerprint density at radius 2 is 2.15 bits per heavy atom. The zero-order valence-corrected chi connectivity index (χ0v) is 15.6. The van der Waals surface area contributed by atoms with Crippen molar-refractivity contribution in [3.8, 4) is 0 Å². The van der Waals surface area contributed by atoms with Crippen molar-refractivity contribution in [2.45, 2.75) is 17.9 Å². The minimum absolute atomic E-state index is 0.223. The van der Waals surface area contributed by atoms with Crippen molar-refractivity contribution in [2.75, 3.05) is 11.3 Å². The summed E-state index contributed by atoms with van der Waals surface area (Å²) in [5.74, 6) is 0. The minimum Gasteiger partial charge on any atom is -0.311 e. The Hall–Kier alpha value is -0.000000000000000333. The standard InChI is InChI=1S/C10H9Br2N3O2S3/c11-8-3-7(9(12)19-8)20(16,17)15-10-14-5-1-2-13-4-6(5)18-10/h3,13H,1-2,4H2,(H,14,15). The van der Waals surface area contributed by atoms with Crippen LogP contribution in [0.2, 0.25) is 0 Å². The number of hydrogen-bond donors (Lipinski definition) is 2. The molecule has 20 heavy (non-hydrogen) atoms. The Balaban J connectivity index is 1.90. The van der Waals surface area contributed by atoms with Gasteiger partial charge in [-0.15, -0.1) is 11.3 Å². The Labute approximate surface area is 141 Å². The Bertz CT molecular complexity index is 730. The van der Waals surface area contributed by atoms with Crippen molar-refractivity contribution in [1.29, 1.82) is 0 Å². The topological polar surface area (TPSA) is 71.1 Å². The predicted octanol–water partition coefficient (Wildman–Crippen LogP) is 3.18. The summed E-state index contributed by atoms with van der Waals surface area (Å²) in [6.07, 6.45) is 0.835. The number of thiazole rings is 1. The number of fused-ring (bicyclic) bond motifs is 1. The molecule has 10 heteroatoms. The molecule has 0 radical (unpaired) electrons. The lowest BCUT2D eigenvalue weighted by atomic mass is 10.2. The van der Waals surface area contributed by atoms with Crippen LogP contribution in [0, 0.1) is 0 Å². The van der Waals surface area contributed by atoms with Crippen LogP contribution in [0.4, 0.5) is 5.13 Å². The predicted molar refractivity (Wildman–Crippen MR) is 88.1 cm³/mol. The summed E-state index contributed by atoms with van der Waals surface area (Å²) in [5, 5.41) is 3.67. The molecule has 3 rings (SSSR count). The second kappa shape index (κ2) is 5.65. The molecule has 0 atom stereocenters. The highest BCUT2D eigenvalue weighted by Gasteiger charge is 2.23. The molecule has 0 spiro atoms. The highest BCUT2D eigenvalue weighted by atomic mass is 79.9. The largest absolute Gasteiger partial charge is 0.311 e. The molecule has 0 saturated carbocycles. The molecule has 108 valence electrons. The van der Waals surface area contributed by atoms with Crippen LogP contribution < -0.4 is 10.0 Å². The smallest absolute Gasteiger partial charge is 0.265 e. The zero-order valence-electron chi connectivity index (χ0n) is 9.94. The van der Waals surface area contributed by atoms with Gasteiger partial charge in [-0.3, -0.25) is 4.72 Å². The van der Waals surface area contributed by atoms with Gasteiger partial charge in [0.15, 0.2) is 5.13 Å². The Morgan fingerprint density at radius 3 is 2.80 bits per heavy atom. The highest BCUT2D eigenvalue weighted by Crippen LogP contribution is 2.36. The summed E-state index contributed by atoms with van der Waals surface area (Å²) >= 11 is 9.25. The highest BCUT2D eigenvalue weighted by molar-refractivity contribution is 9.12. The number of thiophene rings is 1. The fourth-order valence-corrected chi connectivity index (χ4v) is 7.87. The maximum Gasteiger partial charge on any atom is 0.265 e. The molecule has 1 aliphatic heterocycles. The number of nitrogens with one attached hydrogen (secondary N) is 2. The van der Waals surface area contributed by atoms with Crippen LogP contribution in [0.1, 0.15) is 10.6 Å². The fourth-order valence-electron chi connectivity index (χ4n) is 1.85. The molecule has 0 saturated heterocycles. The van der Waals surface area contributed by atoms with E-state index in [0.29, 0.717) is 8.92 Å². The molecule has 1 aliphatic rings. The first kappa shape index (κ1) is 14.9. The van der Waals surface area contributed by atoms with Gasteiger partial charge in [-0.05, 0) is 37.9 Å². The number of sulfonamides is 1. The van der Waals surface area contributed by atoms with Crippen LogP contribution in [0.25, 0.3) is 0 Å². The summed E-state index contributed by atoms with van der Waals surface area (Å²) in [5.41, 5.74) is 0.983. The molecule has 0 unspecified atom stereocenters. The minimum atomic E-state index is -3.61. The van der Waals surface area contributed by atoms with E-state index in [4.69, 9.17) is 0 Å². The first-order chi connectivity index (χ1) is 9.45. The number of anilines is 1. The lowest BCUT2D eigenvalue weighted by Gasteiger charge is -2.09. The van der Waals surface area contributed by atoms with Gasteiger partial charge >= 0.3 is 0 Å². The lowest BCUT2D eigenvalue weighted by Crippen LogP contribution is -2.22. The molecule has 0 bridgehead atoms. The van der Waals surface area contributed by atoms with Crippen LogP contribution >= 0.6 is 54.5 Å². The molecule has 3 heterocycles. The van der Waals surface area contributed by atoms with Gasteiger partial charge in [0, 0.05) is 24.4 Å². The van der Waals surface area contributed by atoms with E-state index in [1.54, 1.807) is 6.07 Å². The second-order valence-corrected chi connectivity index (χ2v) is 10.6. The van der Waals surface area contributed by atoms with Gasteiger partial charge in [0.25, 0.3) is 10.0 Å². The van der Waals surface area contributed by atoms with Gasteiger partial charge in [0.1, 0.15) is 4.90 Å². The van der Waals surface area contributed by atoms with Gasteiger partial charge in [-0.25, -0.2) is 13.4 Å². The molecule has 0 aliphatic carbocycles. The SMILES string of the molecule is O=S(=O)(Nc1nc2c(s1)CNCC2)c1cc(Br)sc1Br. The molecule has 5 nitrogen and oxygen atoms in total. The molecular weight excluding hydrogens is 450 g/mol. The average molecular weight is 459 g/mol. The van der Waals surface area contributed by atoms with Gasteiger partial charge in [-0.1, -0.05) is 11.3 Å². The van der Waals surface area contributed by atoms with E-state index in [2.05, 4.69) is 46.9 Å². The number of nitrogens with zero attached hydrogens (tertiary/aromatic N) is 1. The average Bonchev–Trinajstić information content (AvgIpc) is 2.91. The van der Waals surface area contributed by atoms with E-state index >= 15 is 0 Å². The molecular formula is C10H9Br2N3O2S3. The first-order valence-corrected chi connectivity index (χ1v) is 10.3. The van der Waals surface area contributed by atoms with E-state index < -0.39 is 10.0 Å². The summed E-state index contributed by atoms with van der Waals surface area (Å²) < 4.78 is 28.6. The third-order valence-corrected chi connectivity index (χ3v) is 7.98. The van der Waals surface area contributed by atoms with Gasteiger partial charge in [0.05, 0.1) is 13.3 Å². The van der Waals surface area contributed by atoms with E-state index in [1.165, 1.54) is 22.7 Å². The van der Waals surface area contributed by atoms with Crippen molar-refractivity contribution < 1.29 is 8.42 Å². The quantitative estimate of drug-likeness (QED) is 0.740. The van der Waals surface area contributed by atoms with Crippen molar-refractivity contribution in [3.63, 3.8) is 0 Å². The van der Waals surface area contributed by atoms with Gasteiger partial charge < -0.3 is 5.32 Å². The summed E-state index contributed by atoms with van der Waals surface area (Å²) in [7, 11) is -3.61. The number of hydrogen-bond acceptors (Lipinski definition) is 6. The van der Waals surface area contributed by atoms with Crippen LogP contribution in [-0.2, 0) is 23.0 Å². The molecule has 2 aromatic heterocycles. The van der Waals surface area contributed by atoms with E-state index in [9.17, 15) is 8.42 Å². The summed E-state index contributed by atoms with van der Waals surface area (Å²) in [4.78, 5) is 5.68. The van der Waals surface area contributed by atoms with Crippen molar-refractivity contribution in [2.24, 2.45) is 0 Å². The van der Waals surface area contributed by atoms with Crippen molar-refractivity contribution in [3.05, 3.63) is 24.2 Å². The van der Waals surface area contributed by atoms with E-state index in [-0.39, 0.29) is 4.90 Å². The lowest BCUT2D eigenvalue weighted by molar-refractivity contribution is 0.601. The third kappa shape index (κ3) is 2.95. The number of rotatable bonds is 3. The normalized spacial score (nSPS) is 15.1. The van der Waals surface area contributed by atoms with Crippen molar-refractivity contribution in [1.82, 2.24) is 10.3 Å². The van der Waals surface area contributed by atoms with E-state index in [0.717, 1.165) is 33.9 Å². The molecule has 2 aromatic rings. The van der Waals surface area contributed by atoms with Crippen LogP contribution in [0.5, 0.6) is 0 Å². The molecule has 0 fully saturated rings. The fraction of sp³-hybridized carbons (Fsp3) is 0.300. The Kier molecular flexibility index (Phi) is 4.22. The van der Waals surface area contributed by atoms with Crippen LogP contribution in [0.3, 0.4) is 0 Å². The van der Waals surface area contributed by atoms with Gasteiger partial charge in [-0.2, -0.15) is 0 Å². The number of aromatic nitrogens is 1. The van der Waals surface area contributed by atoms with Gasteiger partial charge in [0.2, 0.25) is 0 Å². The van der Waals surface area contributed by atoms with Crippen LogP contribution in [-0.4, -0.2) is 19.9 Å². The zero-order chi connectivity index (χ0) is 14.3. The molecule has 2 N–H and O–H groups in total. The molecule has 0 aromatic carbocycles. The maximum absolute atomic E-state index is 12.3. The van der Waals surface area contributed by atoms with Crippen LogP contribution in [0.15, 0.2) is 18.5 Å². The van der Waals surface area contributed by atoms with Crippen molar-refractivity contribution >= 4 is 69.7 Å². The second-order valence-electron chi connectivity index (χ2n) is 4.11. The Morgan fingerprint density at radius 1 is 1.35 bits per heavy atom. The summed E-state index contributed by atoms with van der Waals surface area (Å²) in [6, 6.07) is 1.58. The third-order valence-electron chi connectivity index (χ3n) is 2.74.